The van der Waals surface area contributed by atoms with Crippen molar-refractivity contribution in [3.8, 4) is 0 Å². The standard InChI is InChI=1S/C10H11BrCl2O2/c1-9(2)14-7-5(11)3-4-6(8(7)15-9)10(4,12)13/h3-4,6-8H,1-2H3/t4-,6-,7-,8+/m1/s1. The number of allylic oxidation sites excluding steroid dienone is 1. The number of ether oxygens (including phenoxy) is 2. The van der Waals surface area contributed by atoms with Crippen LogP contribution in [0.1, 0.15) is 13.8 Å². The van der Waals surface area contributed by atoms with Gasteiger partial charge in [-0.3, -0.25) is 0 Å². The van der Waals surface area contributed by atoms with Crippen LogP contribution in [0.3, 0.4) is 0 Å². The Morgan fingerprint density at radius 3 is 2.67 bits per heavy atom. The van der Waals surface area contributed by atoms with E-state index in [1.165, 1.54) is 0 Å². The lowest BCUT2D eigenvalue weighted by Gasteiger charge is -2.19. The second kappa shape index (κ2) is 2.94. The van der Waals surface area contributed by atoms with E-state index in [4.69, 9.17) is 32.7 Å². The summed E-state index contributed by atoms with van der Waals surface area (Å²) < 4.78 is 12.0. The van der Waals surface area contributed by atoms with Crippen molar-refractivity contribution in [2.75, 3.05) is 0 Å². The molecular weight excluding hydrogens is 303 g/mol. The molecule has 1 aliphatic heterocycles. The SMILES string of the molecule is CC1(C)O[C@H]2[C@H]3[C@@H](C=C(Br)[C@H]2O1)C3(Cl)Cl. The summed E-state index contributed by atoms with van der Waals surface area (Å²) in [5, 5.41) is 0. The van der Waals surface area contributed by atoms with E-state index in [9.17, 15) is 0 Å². The molecule has 5 heteroatoms. The van der Waals surface area contributed by atoms with Crippen molar-refractivity contribution in [1.29, 1.82) is 0 Å². The average molecular weight is 314 g/mol. The lowest BCUT2D eigenvalue weighted by molar-refractivity contribution is -0.144. The molecule has 15 heavy (non-hydrogen) atoms. The summed E-state index contributed by atoms with van der Waals surface area (Å²) in [5.74, 6) is -0.202. The second-order valence-electron chi connectivity index (χ2n) is 4.80. The van der Waals surface area contributed by atoms with Crippen LogP contribution in [0.25, 0.3) is 0 Å². The van der Waals surface area contributed by atoms with Crippen LogP contribution in [-0.4, -0.2) is 22.3 Å². The highest BCUT2D eigenvalue weighted by atomic mass is 79.9. The van der Waals surface area contributed by atoms with Gasteiger partial charge in [0.15, 0.2) is 5.79 Å². The molecule has 0 aromatic carbocycles. The Morgan fingerprint density at radius 2 is 2.00 bits per heavy atom. The zero-order chi connectivity index (χ0) is 11.0. The molecule has 0 amide bonds. The van der Waals surface area contributed by atoms with Gasteiger partial charge in [-0.15, -0.1) is 23.2 Å². The van der Waals surface area contributed by atoms with Gasteiger partial charge >= 0.3 is 0 Å². The number of hydrogen-bond acceptors (Lipinski definition) is 2. The third-order valence-corrected chi connectivity index (χ3v) is 4.98. The van der Waals surface area contributed by atoms with Crippen LogP contribution >= 0.6 is 39.1 Å². The summed E-state index contributed by atoms with van der Waals surface area (Å²) in [6.45, 7) is 3.82. The van der Waals surface area contributed by atoms with Crippen molar-refractivity contribution in [3.63, 3.8) is 0 Å². The normalized spacial score (nSPS) is 49.3. The van der Waals surface area contributed by atoms with Crippen LogP contribution in [0.5, 0.6) is 0 Å². The van der Waals surface area contributed by atoms with E-state index in [0.717, 1.165) is 4.48 Å². The molecule has 2 aliphatic carbocycles. The Morgan fingerprint density at radius 1 is 1.33 bits per heavy atom. The summed E-state index contributed by atoms with van der Waals surface area (Å²) in [6.07, 6.45) is 1.97. The van der Waals surface area contributed by atoms with Gasteiger partial charge in [-0.1, -0.05) is 22.0 Å². The molecule has 2 nitrogen and oxygen atoms in total. The van der Waals surface area contributed by atoms with Crippen molar-refractivity contribution < 1.29 is 9.47 Å². The highest BCUT2D eigenvalue weighted by Crippen LogP contribution is 2.67. The molecule has 1 saturated heterocycles. The van der Waals surface area contributed by atoms with E-state index in [1.807, 2.05) is 13.8 Å². The first-order valence-electron chi connectivity index (χ1n) is 4.93. The maximum absolute atomic E-state index is 6.20. The Kier molecular flexibility index (Phi) is 2.12. The van der Waals surface area contributed by atoms with Gasteiger partial charge in [0.05, 0.1) is 6.10 Å². The first-order valence-corrected chi connectivity index (χ1v) is 6.48. The number of hydrogen-bond donors (Lipinski definition) is 0. The molecule has 0 aromatic rings. The quantitative estimate of drug-likeness (QED) is 0.639. The smallest absolute Gasteiger partial charge is 0.164 e. The predicted octanol–water partition coefficient (Wildman–Crippen LogP) is 3.22. The van der Waals surface area contributed by atoms with Crippen LogP contribution < -0.4 is 0 Å². The summed E-state index contributed by atoms with van der Waals surface area (Å²) in [7, 11) is 0. The van der Waals surface area contributed by atoms with Crippen molar-refractivity contribution in [1.82, 2.24) is 0 Å². The van der Waals surface area contributed by atoms with Crippen LogP contribution in [0.2, 0.25) is 0 Å². The van der Waals surface area contributed by atoms with E-state index in [1.54, 1.807) is 0 Å². The maximum atomic E-state index is 6.20. The minimum absolute atomic E-state index is 0.0284. The van der Waals surface area contributed by atoms with Crippen LogP contribution in [-0.2, 0) is 9.47 Å². The molecule has 0 aromatic heterocycles. The molecule has 3 rings (SSSR count). The van der Waals surface area contributed by atoms with Crippen molar-refractivity contribution in [2.45, 2.75) is 36.2 Å². The third-order valence-electron chi connectivity index (χ3n) is 3.26. The van der Waals surface area contributed by atoms with Gasteiger partial charge in [-0.25, -0.2) is 0 Å². The van der Waals surface area contributed by atoms with Gasteiger partial charge in [0.25, 0.3) is 0 Å². The number of alkyl halides is 2. The molecule has 0 spiro atoms. The number of halogens is 3. The monoisotopic (exact) mass is 312 g/mol. The Hall–Kier alpha value is 0.720. The molecule has 3 aliphatic rings. The van der Waals surface area contributed by atoms with Crippen LogP contribution in [0, 0.1) is 11.8 Å². The van der Waals surface area contributed by atoms with Gasteiger partial charge in [0, 0.05) is 16.3 Å². The van der Waals surface area contributed by atoms with Gasteiger partial charge < -0.3 is 9.47 Å². The zero-order valence-corrected chi connectivity index (χ0v) is 11.4. The van der Waals surface area contributed by atoms with E-state index in [0.29, 0.717) is 0 Å². The van der Waals surface area contributed by atoms with Crippen molar-refractivity contribution >= 4 is 39.1 Å². The Labute approximate surface area is 107 Å². The lowest BCUT2D eigenvalue weighted by atomic mass is 10.0. The Balaban J connectivity index is 1.96. The van der Waals surface area contributed by atoms with Crippen LogP contribution in [0.15, 0.2) is 10.6 Å². The fourth-order valence-corrected chi connectivity index (χ4v) is 3.97. The minimum atomic E-state index is -0.678. The fourth-order valence-electron chi connectivity index (χ4n) is 2.54. The summed E-state index contributed by atoms with van der Waals surface area (Å²) >= 11 is 15.9. The van der Waals surface area contributed by atoms with E-state index in [2.05, 4.69) is 22.0 Å². The first-order chi connectivity index (χ1) is 6.83. The molecule has 1 saturated carbocycles. The lowest BCUT2D eigenvalue weighted by Crippen LogP contribution is -2.29. The van der Waals surface area contributed by atoms with E-state index >= 15 is 0 Å². The van der Waals surface area contributed by atoms with Gasteiger partial charge in [-0.05, 0) is 13.8 Å². The molecule has 0 bridgehead atoms. The van der Waals surface area contributed by atoms with Gasteiger partial charge in [-0.2, -0.15) is 0 Å². The van der Waals surface area contributed by atoms with Crippen molar-refractivity contribution in [3.05, 3.63) is 10.6 Å². The largest absolute Gasteiger partial charge is 0.344 e. The maximum Gasteiger partial charge on any atom is 0.164 e. The highest BCUT2D eigenvalue weighted by Gasteiger charge is 2.71. The fraction of sp³-hybridized carbons (Fsp3) is 0.800. The highest BCUT2D eigenvalue weighted by molar-refractivity contribution is 9.11. The first kappa shape index (κ1) is 10.8. The van der Waals surface area contributed by atoms with Gasteiger partial charge in [0.1, 0.15) is 10.4 Å². The molecule has 0 N–H and O–H groups in total. The predicted molar refractivity (Wildman–Crippen MR) is 62.3 cm³/mol. The number of fused-ring (bicyclic) bond motifs is 3. The summed E-state index contributed by atoms with van der Waals surface area (Å²) in [6, 6.07) is 0. The molecule has 2 fully saturated rings. The molecule has 0 unspecified atom stereocenters. The third kappa shape index (κ3) is 1.44. The summed E-state index contributed by atoms with van der Waals surface area (Å²) in [5.41, 5.74) is 0. The molecule has 84 valence electrons. The molecule has 4 atom stereocenters. The molecule has 1 heterocycles. The zero-order valence-electron chi connectivity index (χ0n) is 8.34. The second-order valence-corrected chi connectivity index (χ2v) is 7.16. The van der Waals surface area contributed by atoms with E-state index in [-0.39, 0.29) is 24.0 Å². The number of rotatable bonds is 0. The molecule has 0 radical (unpaired) electrons. The summed E-state index contributed by atoms with van der Waals surface area (Å²) in [4.78, 5) is 0. The average Bonchev–Trinajstić information content (AvgIpc) is 2.49. The Bertz CT molecular complexity index is 353. The molecular formula is C10H11BrCl2O2. The van der Waals surface area contributed by atoms with Crippen LogP contribution in [0.4, 0.5) is 0 Å². The topological polar surface area (TPSA) is 18.5 Å². The van der Waals surface area contributed by atoms with E-state index < -0.39 is 10.1 Å². The minimum Gasteiger partial charge on any atom is -0.344 e. The van der Waals surface area contributed by atoms with Crippen molar-refractivity contribution in [2.24, 2.45) is 11.8 Å². The van der Waals surface area contributed by atoms with Gasteiger partial charge in [0.2, 0.25) is 0 Å².